The number of anilines is 1. The zero-order valence-electron chi connectivity index (χ0n) is 11.4. The van der Waals surface area contributed by atoms with Crippen molar-refractivity contribution in [2.45, 2.75) is 52.5 Å². The first-order chi connectivity index (χ1) is 8.16. The monoisotopic (exact) mass is 231 g/mol. The zero-order valence-corrected chi connectivity index (χ0v) is 11.4. The van der Waals surface area contributed by atoms with Crippen LogP contribution in [0, 0.1) is 18.8 Å². The third-order valence-electron chi connectivity index (χ3n) is 4.22. The van der Waals surface area contributed by atoms with Crippen LogP contribution in [0.15, 0.2) is 24.3 Å². The molecule has 0 aromatic heterocycles. The normalized spacial score (nSPS) is 24.9. The Hall–Kier alpha value is -0.980. The molecule has 1 aromatic rings. The van der Waals surface area contributed by atoms with E-state index in [1.165, 1.54) is 36.9 Å². The molecule has 1 heteroatoms. The van der Waals surface area contributed by atoms with Gasteiger partial charge >= 0.3 is 0 Å². The predicted molar refractivity (Wildman–Crippen MR) is 75.4 cm³/mol. The summed E-state index contributed by atoms with van der Waals surface area (Å²) in [7, 11) is 0. The summed E-state index contributed by atoms with van der Waals surface area (Å²) in [6.45, 7) is 6.90. The van der Waals surface area contributed by atoms with E-state index in [4.69, 9.17) is 0 Å². The average Bonchev–Trinajstić information content (AvgIpc) is 2.33. The molecule has 1 N–H and O–H groups in total. The zero-order chi connectivity index (χ0) is 12.3. The van der Waals surface area contributed by atoms with E-state index in [0.717, 1.165) is 11.8 Å². The van der Waals surface area contributed by atoms with Crippen molar-refractivity contribution < 1.29 is 0 Å². The van der Waals surface area contributed by atoms with E-state index in [0.29, 0.717) is 6.04 Å². The fraction of sp³-hybridized carbons (Fsp3) is 0.625. The molecule has 1 saturated carbocycles. The summed E-state index contributed by atoms with van der Waals surface area (Å²) in [6.07, 6.45) is 5.44. The van der Waals surface area contributed by atoms with Gasteiger partial charge in [-0.3, -0.25) is 0 Å². The van der Waals surface area contributed by atoms with Crippen LogP contribution in [0.3, 0.4) is 0 Å². The molecule has 0 bridgehead atoms. The Morgan fingerprint density at radius 2 is 1.71 bits per heavy atom. The van der Waals surface area contributed by atoms with Gasteiger partial charge < -0.3 is 5.32 Å². The van der Waals surface area contributed by atoms with Crippen LogP contribution < -0.4 is 5.32 Å². The maximum Gasteiger partial charge on any atom is 0.0372 e. The highest BCUT2D eigenvalue weighted by atomic mass is 14.9. The van der Waals surface area contributed by atoms with Crippen molar-refractivity contribution in [1.29, 1.82) is 0 Å². The largest absolute Gasteiger partial charge is 0.382 e. The van der Waals surface area contributed by atoms with E-state index < -0.39 is 0 Å². The van der Waals surface area contributed by atoms with Gasteiger partial charge in [-0.25, -0.2) is 0 Å². The van der Waals surface area contributed by atoms with Crippen molar-refractivity contribution >= 4 is 5.69 Å². The lowest BCUT2D eigenvalue weighted by molar-refractivity contribution is 0.267. The van der Waals surface area contributed by atoms with Gasteiger partial charge in [-0.05, 0) is 56.1 Å². The third kappa shape index (κ3) is 3.24. The van der Waals surface area contributed by atoms with Crippen molar-refractivity contribution in [3.63, 3.8) is 0 Å². The molecule has 0 heterocycles. The Morgan fingerprint density at radius 3 is 2.29 bits per heavy atom. The third-order valence-corrected chi connectivity index (χ3v) is 4.22. The highest BCUT2D eigenvalue weighted by Gasteiger charge is 2.23. The maximum absolute atomic E-state index is 3.71. The van der Waals surface area contributed by atoms with Gasteiger partial charge in [0.2, 0.25) is 0 Å². The molecule has 0 saturated heterocycles. The van der Waals surface area contributed by atoms with E-state index in [2.05, 4.69) is 50.4 Å². The molecule has 0 radical (unpaired) electrons. The minimum absolute atomic E-state index is 0.686. The Kier molecular flexibility index (Phi) is 4.09. The summed E-state index contributed by atoms with van der Waals surface area (Å²) in [4.78, 5) is 0. The Morgan fingerprint density at radius 1 is 1.06 bits per heavy atom. The summed E-state index contributed by atoms with van der Waals surface area (Å²) in [5, 5.41) is 3.71. The molecule has 17 heavy (non-hydrogen) atoms. The van der Waals surface area contributed by atoms with Crippen LogP contribution in [0.2, 0.25) is 0 Å². The molecule has 1 aliphatic carbocycles. The van der Waals surface area contributed by atoms with E-state index in [-0.39, 0.29) is 0 Å². The molecule has 1 aliphatic rings. The number of rotatable bonds is 3. The van der Waals surface area contributed by atoms with Crippen LogP contribution in [0.5, 0.6) is 0 Å². The SMILES string of the molecule is Cc1ccccc1NC1CCC(C(C)C)CC1. The van der Waals surface area contributed by atoms with Crippen molar-refractivity contribution in [3.05, 3.63) is 29.8 Å². The molecule has 0 aliphatic heterocycles. The minimum Gasteiger partial charge on any atom is -0.382 e. The van der Waals surface area contributed by atoms with Crippen LogP contribution in [0.1, 0.15) is 45.1 Å². The van der Waals surface area contributed by atoms with Gasteiger partial charge in [0.1, 0.15) is 0 Å². The Labute approximate surface area is 106 Å². The van der Waals surface area contributed by atoms with Gasteiger partial charge in [0.05, 0.1) is 0 Å². The van der Waals surface area contributed by atoms with Crippen LogP contribution in [0.4, 0.5) is 5.69 Å². The molecular weight excluding hydrogens is 206 g/mol. The molecule has 0 amide bonds. The van der Waals surface area contributed by atoms with Gasteiger partial charge in [0.15, 0.2) is 0 Å². The first-order valence-corrected chi connectivity index (χ1v) is 6.99. The summed E-state index contributed by atoms with van der Waals surface area (Å²) < 4.78 is 0. The lowest BCUT2D eigenvalue weighted by Crippen LogP contribution is -2.28. The highest BCUT2D eigenvalue weighted by molar-refractivity contribution is 5.50. The van der Waals surface area contributed by atoms with Crippen molar-refractivity contribution in [1.82, 2.24) is 0 Å². The molecule has 1 fully saturated rings. The Balaban J connectivity index is 1.88. The average molecular weight is 231 g/mol. The molecule has 2 rings (SSSR count). The smallest absolute Gasteiger partial charge is 0.0372 e. The molecule has 1 nitrogen and oxygen atoms in total. The van der Waals surface area contributed by atoms with Crippen LogP contribution in [-0.2, 0) is 0 Å². The maximum atomic E-state index is 3.71. The van der Waals surface area contributed by atoms with Gasteiger partial charge in [-0.2, -0.15) is 0 Å². The van der Waals surface area contributed by atoms with Crippen molar-refractivity contribution in [2.75, 3.05) is 5.32 Å². The van der Waals surface area contributed by atoms with Crippen molar-refractivity contribution in [2.24, 2.45) is 11.8 Å². The van der Waals surface area contributed by atoms with Gasteiger partial charge in [-0.1, -0.05) is 32.0 Å². The highest BCUT2D eigenvalue weighted by Crippen LogP contribution is 2.31. The molecule has 0 atom stereocenters. The number of aryl methyl sites for hydroxylation is 1. The fourth-order valence-electron chi connectivity index (χ4n) is 2.88. The molecule has 0 unspecified atom stereocenters. The van der Waals surface area contributed by atoms with Crippen LogP contribution >= 0.6 is 0 Å². The number of para-hydroxylation sites is 1. The molecule has 94 valence electrons. The van der Waals surface area contributed by atoms with E-state index >= 15 is 0 Å². The standard InChI is InChI=1S/C16H25N/c1-12(2)14-8-10-15(11-9-14)17-16-7-5-4-6-13(16)3/h4-7,12,14-15,17H,8-11H2,1-3H3. The topological polar surface area (TPSA) is 12.0 Å². The summed E-state index contributed by atoms with van der Waals surface area (Å²) in [6, 6.07) is 9.29. The first kappa shape index (κ1) is 12.5. The van der Waals surface area contributed by atoms with Crippen molar-refractivity contribution in [3.8, 4) is 0 Å². The predicted octanol–water partition coefficient (Wildman–Crippen LogP) is 4.62. The lowest BCUT2D eigenvalue weighted by atomic mass is 9.79. The van der Waals surface area contributed by atoms with Gasteiger partial charge in [-0.15, -0.1) is 0 Å². The number of hydrogen-bond donors (Lipinski definition) is 1. The van der Waals surface area contributed by atoms with Crippen LogP contribution in [0.25, 0.3) is 0 Å². The minimum atomic E-state index is 0.686. The number of hydrogen-bond acceptors (Lipinski definition) is 1. The molecule has 1 aromatic carbocycles. The summed E-state index contributed by atoms with van der Waals surface area (Å²) >= 11 is 0. The summed E-state index contributed by atoms with van der Waals surface area (Å²) in [5.41, 5.74) is 2.68. The quantitative estimate of drug-likeness (QED) is 0.800. The lowest BCUT2D eigenvalue weighted by Gasteiger charge is -2.32. The van der Waals surface area contributed by atoms with E-state index in [1.54, 1.807) is 0 Å². The molecule has 0 spiro atoms. The number of nitrogens with one attached hydrogen (secondary N) is 1. The fourth-order valence-corrected chi connectivity index (χ4v) is 2.88. The van der Waals surface area contributed by atoms with E-state index in [9.17, 15) is 0 Å². The van der Waals surface area contributed by atoms with Crippen LogP contribution in [-0.4, -0.2) is 6.04 Å². The molecular formula is C16H25N. The van der Waals surface area contributed by atoms with E-state index in [1.807, 2.05) is 0 Å². The second kappa shape index (κ2) is 5.57. The number of benzene rings is 1. The Bertz CT molecular complexity index is 348. The first-order valence-electron chi connectivity index (χ1n) is 6.99. The van der Waals surface area contributed by atoms with Gasteiger partial charge in [0, 0.05) is 11.7 Å². The second-order valence-electron chi connectivity index (χ2n) is 5.81. The van der Waals surface area contributed by atoms with Gasteiger partial charge in [0.25, 0.3) is 0 Å². The second-order valence-corrected chi connectivity index (χ2v) is 5.81. The summed E-state index contributed by atoms with van der Waals surface area (Å²) in [5.74, 6) is 1.80.